The Bertz CT molecular complexity index is 389. The van der Waals surface area contributed by atoms with Gasteiger partial charge in [-0.3, -0.25) is 4.79 Å². The predicted octanol–water partition coefficient (Wildman–Crippen LogP) is 2.36. The molecular weight excluding hydrogens is 265 g/mol. The fraction of sp³-hybridized carbons (Fsp3) is 0.714. The van der Waals surface area contributed by atoms with Crippen molar-refractivity contribution in [3.05, 3.63) is 12.2 Å². The number of carbonyl (C=O) groups is 2. The van der Waals surface area contributed by atoms with E-state index in [4.69, 9.17) is 9.47 Å². The summed E-state index contributed by atoms with van der Waals surface area (Å²) in [6, 6.07) is -0.964. The van der Waals surface area contributed by atoms with E-state index in [0.717, 1.165) is 0 Å². The van der Waals surface area contributed by atoms with E-state index < -0.39 is 35.8 Å². The number of hydrogen-bond donors (Lipinski definition) is 1. The van der Waals surface area contributed by atoms with Gasteiger partial charge >= 0.3 is 12.1 Å². The average molecular weight is 287 g/mol. The molecule has 5 nitrogen and oxygen atoms in total. The smallest absolute Gasteiger partial charge is 0.408 e. The first-order valence-corrected chi connectivity index (χ1v) is 6.71. The van der Waals surface area contributed by atoms with Crippen LogP contribution < -0.4 is 5.32 Å². The van der Waals surface area contributed by atoms with Gasteiger partial charge in [-0.05, 0) is 34.1 Å². The molecule has 0 bridgehead atoms. The number of halogens is 1. The molecule has 0 spiro atoms. The van der Waals surface area contributed by atoms with Crippen molar-refractivity contribution in [2.24, 2.45) is 5.92 Å². The lowest BCUT2D eigenvalue weighted by molar-refractivity contribution is -0.149. The molecule has 1 amide bonds. The molecule has 0 fully saturated rings. The lowest BCUT2D eigenvalue weighted by Crippen LogP contribution is -2.51. The number of ether oxygens (including phenoxy) is 2. The van der Waals surface area contributed by atoms with Crippen LogP contribution in [0.1, 0.15) is 34.1 Å². The van der Waals surface area contributed by atoms with Crippen molar-refractivity contribution in [2.45, 2.75) is 51.9 Å². The second kappa shape index (κ2) is 6.72. The molecule has 20 heavy (non-hydrogen) atoms. The molecule has 0 unspecified atom stereocenters. The number of carbonyl (C=O) groups excluding carboxylic acids is 2. The Morgan fingerprint density at radius 2 is 2.05 bits per heavy atom. The van der Waals surface area contributed by atoms with E-state index in [1.165, 1.54) is 6.08 Å². The summed E-state index contributed by atoms with van der Waals surface area (Å²) in [6.45, 7) is 7.03. The first-order valence-electron chi connectivity index (χ1n) is 6.71. The zero-order chi connectivity index (χ0) is 15.3. The van der Waals surface area contributed by atoms with Crippen molar-refractivity contribution in [1.29, 1.82) is 0 Å². The predicted molar refractivity (Wildman–Crippen MR) is 71.9 cm³/mol. The highest BCUT2D eigenvalue weighted by Gasteiger charge is 2.38. The van der Waals surface area contributed by atoms with Gasteiger partial charge in [0.2, 0.25) is 0 Å². The van der Waals surface area contributed by atoms with Crippen molar-refractivity contribution in [3.63, 3.8) is 0 Å². The normalized spacial score (nSPS) is 25.9. The lowest BCUT2D eigenvalue weighted by Gasteiger charge is -2.31. The van der Waals surface area contributed by atoms with Crippen LogP contribution in [-0.4, -0.2) is 36.5 Å². The Morgan fingerprint density at radius 3 is 2.60 bits per heavy atom. The van der Waals surface area contributed by atoms with E-state index in [-0.39, 0.29) is 6.61 Å². The molecule has 0 saturated carbocycles. The van der Waals surface area contributed by atoms with E-state index in [2.05, 4.69) is 5.32 Å². The molecular formula is C14H22FNO4. The maximum Gasteiger partial charge on any atom is 0.408 e. The van der Waals surface area contributed by atoms with Crippen molar-refractivity contribution in [1.82, 2.24) is 5.32 Å². The standard InChI is InChI=1S/C14H22FNO4/c1-5-19-12(17)9-7-6-8-10(15)11(9)16-13(18)20-14(2,3)4/h6,8-11H,5,7H2,1-4H3,(H,16,18)/t9-,10+,11+/m0/s1. The van der Waals surface area contributed by atoms with Crippen LogP contribution >= 0.6 is 0 Å². The molecule has 114 valence electrons. The van der Waals surface area contributed by atoms with Gasteiger partial charge in [0, 0.05) is 0 Å². The monoisotopic (exact) mass is 287 g/mol. The summed E-state index contributed by atoms with van der Waals surface area (Å²) < 4.78 is 23.9. The van der Waals surface area contributed by atoms with E-state index in [9.17, 15) is 14.0 Å². The van der Waals surface area contributed by atoms with E-state index in [1.807, 2.05) is 0 Å². The second-order valence-corrected chi connectivity index (χ2v) is 5.64. The Hall–Kier alpha value is -1.59. The maximum absolute atomic E-state index is 13.9. The van der Waals surface area contributed by atoms with Crippen molar-refractivity contribution >= 4 is 12.1 Å². The van der Waals surface area contributed by atoms with Crippen LogP contribution in [0.15, 0.2) is 12.2 Å². The fourth-order valence-corrected chi connectivity index (χ4v) is 1.96. The van der Waals surface area contributed by atoms with Crippen LogP contribution in [0.5, 0.6) is 0 Å². The van der Waals surface area contributed by atoms with Gasteiger partial charge < -0.3 is 14.8 Å². The van der Waals surface area contributed by atoms with Crippen LogP contribution in [0, 0.1) is 5.92 Å². The molecule has 6 heteroatoms. The highest BCUT2D eigenvalue weighted by Crippen LogP contribution is 2.23. The van der Waals surface area contributed by atoms with Gasteiger partial charge in [0.1, 0.15) is 11.8 Å². The summed E-state index contributed by atoms with van der Waals surface area (Å²) in [4.78, 5) is 23.5. The average Bonchev–Trinajstić information content (AvgIpc) is 2.29. The molecule has 0 aromatic rings. The summed E-state index contributed by atoms with van der Waals surface area (Å²) in [6.07, 6.45) is 1.07. The zero-order valence-corrected chi connectivity index (χ0v) is 12.3. The number of alkyl halides is 1. The van der Waals surface area contributed by atoms with Crippen LogP contribution in [0.4, 0.5) is 9.18 Å². The minimum atomic E-state index is -1.44. The SMILES string of the molecule is CCOC(=O)[C@H]1CC=C[C@@H](F)[C@@H]1NC(=O)OC(C)(C)C. The van der Waals surface area contributed by atoms with Crippen LogP contribution in [0.25, 0.3) is 0 Å². The van der Waals surface area contributed by atoms with Gasteiger partial charge in [-0.25, -0.2) is 9.18 Å². The van der Waals surface area contributed by atoms with Crippen molar-refractivity contribution < 1.29 is 23.5 Å². The highest BCUT2D eigenvalue weighted by atomic mass is 19.1. The summed E-state index contributed by atoms with van der Waals surface area (Å²) in [5.74, 6) is -1.25. The Balaban J connectivity index is 2.74. The third-order valence-corrected chi connectivity index (χ3v) is 2.76. The Labute approximate surface area is 118 Å². The van der Waals surface area contributed by atoms with Crippen LogP contribution in [0.2, 0.25) is 0 Å². The second-order valence-electron chi connectivity index (χ2n) is 5.64. The third kappa shape index (κ3) is 4.83. The maximum atomic E-state index is 13.9. The molecule has 1 N–H and O–H groups in total. The molecule has 1 rings (SSSR count). The highest BCUT2D eigenvalue weighted by molar-refractivity contribution is 5.76. The topological polar surface area (TPSA) is 64.6 Å². The minimum Gasteiger partial charge on any atom is -0.466 e. The number of hydrogen-bond acceptors (Lipinski definition) is 4. The lowest BCUT2D eigenvalue weighted by atomic mass is 9.88. The summed E-state index contributed by atoms with van der Waals surface area (Å²) >= 11 is 0. The first kappa shape index (κ1) is 16.5. The van der Waals surface area contributed by atoms with E-state index in [1.54, 1.807) is 33.8 Å². The molecule has 0 aromatic carbocycles. The van der Waals surface area contributed by atoms with Crippen molar-refractivity contribution in [2.75, 3.05) is 6.61 Å². The molecule has 1 aliphatic rings. The first-order chi connectivity index (χ1) is 9.24. The number of rotatable bonds is 3. The summed E-state index contributed by atoms with van der Waals surface area (Å²) in [5, 5.41) is 2.43. The Morgan fingerprint density at radius 1 is 1.40 bits per heavy atom. The van der Waals surface area contributed by atoms with Crippen molar-refractivity contribution in [3.8, 4) is 0 Å². The number of esters is 1. The van der Waals surface area contributed by atoms with Gasteiger partial charge in [-0.15, -0.1) is 0 Å². The minimum absolute atomic E-state index is 0.217. The quantitative estimate of drug-likeness (QED) is 0.639. The van der Waals surface area contributed by atoms with Crippen LogP contribution in [0.3, 0.4) is 0 Å². The number of nitrogens with one attached hydrogen (secondary N) is 1. The number of alkyl carbamates (subject to hydrolysis) is 1. The molecule has 1 aliphatic carbocycles. The molecule has 0 heterocycles. The van der Waals surface area contributed by atoms with E-state index >= 15 is 0 Å². The molecule has 3 atom stereocenters. The molecule has 0 aromatic heterocycles. The summed E-state index contributed by atoms with van der Waals surface area (Å²) in [7, 11) is 0. The largest absolute Gasteiger partial charge is 0.466 e. The zero-order valence-electron chi connectivity index (χ0n) is 12.3. The van der Waals surface area contributed by atoms with Gasteiger partial charge in [-0.2, -0.15) is 0 Å². The van der Waals surface area contributed by atoms with E-state index in [0.29, 0.717) is 6.42 Å². The molecule has 0 saturated heterocycles. The van der Waals surface area contributed by atoms with Crippen LogP contribution in [-0.2, 0) is 14.3 Å². The van der Waals surface area contributed by atoms with Gasteiger partial charge in [0.25, 0.3) is 0 Å². The third-order valence-electron chi connectivity index (χ3n) is 2.76. The van der Waals surface area contributed by atoms with Gasteiger partial charge in [-0.1, -0.05) is 12.2 Å². The number of allylic oxidation sites excluding steroid dienone is 1. The summed E-state index contributed by atoms with van der Waals surface area (Å²) in [5.41, 5.74) is -0.681. The fourth-order valence-electron chi connectivity index (χ4n) is 1.96. The molecule has 0 radical (unpaired) electrons. The van der Waals surface area contributed by atoms with Gasteiger partial charge in [0.05, 0.1) is 18.6 Å². The molecule has 0 aliphatic heterocycles. The van der Waals surface area contributed by atoms with Gasteiger partial charge in [0.15, 0.2) is 0 Å². The Kier molecular flexibility index (Phi) is 5.53. The number of amides is 1.